The van der Waals surface area contributed by atoms with Crippen molar-refractivity contribution in [1.82, 2.24) is 19.6 Å². The number of ether oxygens (including phenoxy) is 2. The van der Waals surface area contributed by atoms with E-state index < -0.39 is 42.9 Å². The van der Waals surface area contributed by atoms with Gasteiger partial charge in [0.05, 0.1) is 38.1 Å². The van der Waals surface area contributed by atoms with Gasteiger partial charge in [-0.15, -0.1) is 0 Å². The summed E-state index contributed by atoms with van der Waals surface area (Å²) >= 11 is 0. The minimum absolute atomic E-state index is 0.0244. The molecule has 372 valence electrons. The zero-order chi connectivity index (χ0) is 49.3. The van der Waals surface area contributed by atoms with Crippen LogP contribution in [0.15, 0.2) is 71.8 Å². The second-order valence-electron chi connectivity index (χ2n) is 21.5. The van der Waals surface area contributed by atoms with E-state index in [9.17, 15) is 32.8 Å². The van der Waals surface area contributed by atoms with E-state index in [1.54, 1.807) is 19.1 Å². The lowest BCUT2D eigenvalue weighted by atomic mass is 9.70. The van der Waals surface area contributed by atoms with Crippen LogP contribution in [-0.4, -0.2) is 89.7 Å². The summed E-state index contributed by atoms with van der Waals surface area (Å²) in [6.07, 6.45) is 9.43. The number of carbonyl (C=O) groups excluding carboxylic acids is 1. The van der Waals surface area contributed by atoms with Crippen LogP contribution < -0.4 is 24.4 Å². The standard InChI is InChI=1S/C53H64FN7O8S/c1-31(2)36-9-6-7-10-37(36)38-11-8-12-43(38)60-29-53(30-60)19-21-59(22-20-53)34-13-14-39(45(23-34)69-47-26-40-41(54)27-55-50(40)57-48(47)32(3)4)51(62)58-70(66,67)35-24-44(61(64)65)49-46(25-35)68-28-42(56-49)33-15-17-52(5,63)18-16-33/h6-7,9-10,13-14,23-27,31-33,38,42-43,56,63H,8,11-12,15-22,28-30H2,1-5H3,(H,55,57)(H,58,62)/t33-,38-,42-,43-,52-/m1/s1. The zero-order valence-electron chi connectivity index (χ0n) is 40.6. The first-order valence-electron chi connectivity index (χ1n) is 25.0. The number of aliphatic hydroxyl groups is 1. The monoisotopic (exact) mass is 977 g/mol. The molecule has 5 aliphatic rings. The largest absolute Gasteiger partial charge is 0.489 e. The van der Waals surface area contributed by atoms with Gasteiger partial charge in [0.2, 0.25) is 0 Å². The maximum absolute atomic E-state index is 15.0. The minimum atomic E-state index is -4.73. The van der Waals surface area contributed by atoms with E-state index >= 15 is 0 Å². The molecule has 2 saturated heterocycles. The molecule has 0 radical (unpaired) electrons. The fourth-order valence-corrected chi connectivity index (χ4v) is 13.0. The summed E-state index contributed by atoms with van der Waals surface area (Å²) in [5.41, 5.74) is 3.46. The van der Waals surface area contributed by atoms with Crippen molar-refractivity contribution in [2.24, 2.45) is 11.3 Å². The number of nitrogens with zero attached hydrogens (tertiary/aromatic N) is 4. The first kappa shape index (κ1) is 47.9. The highest BCUT2D eigenvalue weighted by Gasteiger charge is 2.49. The summed E-state index contributed by atoms with van der Waals surface area (Å²) < 4.78 is 57.9. The Morgan fingerprint density at radius 1 is 0.986 bits per heavy atom. The number of aromatic amines is 1. The zero-order valence-corrected chi connectivity index (χ0v) is 41.4. The van der Waals surface area contributed by atoms with Gasteiger partial charge in [0, 0.05) is 62.3 Å². The van der Waals surface area contributed by atoms with Gasteiger partial charge in [-0.25, -0.2) is 22.5 Å². The quantitative estimate of drug-likeness (QED) is 0.0684. The third kappa shape index (κ3) is 9.20. The molecule has 5 heterocycles. The van der Waals surface area contributed by atoms with Gasteiger partial charge in [-0.05, 0) is 117 Å². The van der Waals surface area contributed by atoms with Gasteiger partial charge in [-0.2, -0.15) is 0 Å². The molecule has 2 aliphatic carbocycles. The number of aromatic nitrogens is 2. The number of rotatable bonds is 12. The summed E-state index contributed by atoms with van der Waals surface area (Å²) in [5.74, 6) is -0.413. The number of nitro benzene ring substituents is 1. The maximum Gasteiger partial charge on any atom is 0.297 e. The molecule has 2 saturated carbocycles. The van der Waals surface area contributed by atoms with Gasteiger partial charge < -0.3 is 29.8 Å². The summed E-state index contributed by atoms with van der Waals surface area (Å²) in [4.78, 5) is 38.1. The molecule has 2 aromatic heterocycles. The molecule has 10 rings (SSSR count). The van der Waals surface area contributed by atoms with Crippen molar-refractivity contribution in [1.29, 1.82) is 0 Å². The van der Waals surface area contributed by atoms with Crippen LogP contribution in [-0.2, 0) is 10.0 Å². The van der Waals surface area contributed by atoms with E-state index in [0.717, 1.165) is 50.8 Å². The van der Waals surface area contributed by atoms with Crippen molar-refractivity contribution in [3.05, 3.63) is 105 Å². The molecule has 5 aromatic rings. The number of hydrogen-bond acceptors (Lipinski definition) is 12. The number of amides is 1. The summed E-state index contributed by atoms with van der Waals surface area (Å²) in [6.45, 7) is 14.0. The summed E-state index contributed by atoms with van der Waals surface area (Å²) in [5, 5.41) is 26.4. The van der Waals surface area contributed by atoms with Gasteiger partial charge in [-0.1, -0.05) is 58.4 Å². The number of nitrogens with one attached hydrogen (secondary N) is 3. The highest BCUT2D eigenvalue weighted by Crippen LogP contribution is 2.50. The smallest absolute Gasteiger partial charge is 0.297 e. The molecule has 3 atom stereocenters. The van der Waals surface area contributed by atoms with Crippen molar-refractivity contribution >= 4 is 44.0 Å². The lowest BCUT2D eigenvalue weighted by Crippen LogP contribution is -2.63. The molecule has 3 aliphatic heterocycles. The van der Waals surface area contributed by atoms with Gasteiger partial charge in [0.1, 0.15) is 29.6 Å². The maximum atomic E-state index is 15.0. The second kappa shape index (κ2) is 18.4. The molecule has 1 amide bonds. The number of pyridine rings is 1. The van der Waals surface area contributed by atoms with E-state index in [0.29, 0.717) is 54.9 Å². The van der Waals surface area contributed by atoms with Crippen LogP contribution in [0.1, 0.15) is 137 Å². The third-order valence-electron chi connectivity index (χ3n) is 16.0. The van der Waals surface area contributed by atoms with Crippen molar-refractivity contribution in [2.45, 2.75) is 133 Å². The predicted molar refractivity (Wildman–Crippen MR) is 266 cm³/mol. The van der Waals surface area contributed by atoms with Gasteiger partial charge >= 0.3 is 0 Å². The molecule has 0 unspecified atom stereocenters. The second-order valence-corrected chi connectivity index (χ2v) is 23.2. The topological polar surface area (TPSA) is 192 Å². The van der Waals surface area contributed by atoms with E-state index in [-0.39, 0.29) is 63.8 Å². The Bertz CT molecular complexity index is 2930. The fourth-order valence-electron chi connectivity index (χ4n) is 12.0. The lowest BCUT2D eigenvalue weighted by Gasteiger charge is -2.57. The predicted octanol–water partition coefficient (Wildman–Crippen LogP) is 10.1. The van der Waals surface area contributed by atoms with Crippen molar-refractivity contribution in [2.75, 3.05) is 43.0 Å². The number of carbonyl (C=O) groups is 1. The molecule has 70 heavy (non-hydrogen) atoms. The molecule has 1 spiro atoms. The Labute approximate surface area is 408 Å². The number of hydrogen-bond donors (Lipinski definition) is 4. The number of H-pyrrole nitrogens is 1. The number of piperidine rings is 1. The summed E-state index contributed by atoms with van der Waals surface area (Å²) in [6, 6.07) is 17.9. The molecule has 4 N–H and O–H groups in total. The van der Waals surface area contributed by atoms with E-state index in [2.05, 4.69) is 67.9 Å². The number of sulfonamides is 1. The lowest BCUT2D eigenvalue weighted by molar-refractivity contribution is -0.384. The third-order valence-corrected chi connectivity index (χ3v) is 17.3. The Morgan fingerprint density at radius 2 is 1.73 bits per heavy atom. The number of likely N-dealkylation sites (tertiary alicyclic amines) is 1. The molecular weight excluding hydrogens is 914 g/mol. The van der Waals surface area contributed by atoms with Crippen molar-refractivity contribution < 1.29 is 37.1 Å². The van der Waals surface area contributed by atoms with Crippen LogP contribution in [0.25, 0.3) is 11.0 Å². The average molecular weight is 978 g/mol. The van der Waals surface area contributed by atoms with E-state index in [1.165, 1.54) is 54.8 Å². The Morgan fingerprint density at radius 3 is 2.44 bits per heavy atom. The summed E-state index contributed by atoms with van der Waals surface area (Å²) in [7, 11) is -4.73. The van der Waals surface area contributed by atoms with Gasteiger partial charge in [0.15, 0.2) is 11.4 Å². The molecule has 3 aromatic carbocycles. The van der Waals surface area contributed by atoms with Crippen LogP contribution in [0.2, 0.25) is 0 Å². The van der Waals surface area contributed by atoms with Crippen molar-refractivity contribution in [3.8, 4) is 17.2 Å². The Hall–Kier alpha value is -5.78. The number of fused-ring (bicyclic) bond motifs is 2. The Balaban J connectivity index is 0.892. The minimum Gasteiger partial charge on any atom is -0.489 e. The number of benzene rings is 3. The molecule has 15 nitrogen and oxygen atoms in total. The molecule has 4 fully saturated rings. The number of halogens is 1. The normalized spacial score (nSPS) is 24.6. The molecule has 0 bridgehead atoms. The Kier molecular flexibility index (Phi) is 12.6. The number of nitro groups is 1. The molecular formula is C53H64FN7O8S. The van der Waals surface area contributed by atoms with E-state index in [1.807, 2.05) is 13.8 Å². The van der Waals surface area contributed by atoms with Gasteiger partial charge in [0.25, 0.3) is 21.6 Å². The molecule has 17 heteroatoms. The van der Waals surface area contributed by atoms with Crippen LogP contribution >= 0.6 is 0 Å². The number of anilines is 2. The van der Waals surface area contributed by atoms with Crippen LogP contribution in [0.4, 0.5) is 21.5 Å². The van der Waals surface area contributed by atoms with Gasteiger partial charge in [-0.3, -0.25) is 19.8 Å². The van der Waals surface area contributed by atoms with Crippen LogP contribution in [0.5, 0.6) is 17.2 Å². The first-order valence-corrected chi connectivity index (χ1v) is 26.4. The highest BCUT2D eigenvalue weighted by molar-refractivity contribution is 7.90. The van der Waals surface area contributed by atoms with Crippen LogP contribution in [0, 0.1) is 27.3 Å². The van der Waals surface area contributed by atoms with Crippen LogP contribution in [0.3, 0.4) is 0 Å². The SMILES string of the molecule is CC(C)c1ccccc1[C@H]1CCC[C@H]1N1CC2(CCN(c3ccc(C(=O)NS(=O)(=O)c4cc5c(c([N+](=O)[O-])c4)N[C@@H]([C@H]4CC[C@](C)(O)CC4)CO5)c(Oc4cc5c(F)c[nH]c5nc4C(C)C)c3)CC2)C1. The highest BCUT2D eigenvalue weighted by atomic mass is 32.2. The van der Waals surface area contributed by atoms with Crippen molar-refractivity contribution in [3.63, 3.8) is 0 Å². The first-order chi connectivity index (χ1) is 33.4. The van der Waals surface area contributed by atoms with E-state index in [4.69, 9.17) is 9.47 Å². The fraction of sp³-hybridized carbons (Fsp3) is 0.509. The average Bonchev–Trinajstić information content (AvgIpc) is 3.96.